The van der Waals surface area contributed by atoms with Crippen LogP contribution in [0, 0.1) is 18.3 Å². The lowest BCUT2D eigenvalue weighted by molar-refractivity contribution is 1.31. The molecule has 1 aromatic heterocycles. The molecule has 0 aliphatic rings. The van der Waals surface area contributed by atoms with Gasteiger partial charge in [0.15, 0.2) is 10.7 Å². The van der Waals surface area contributed by atoms with Crippen LogP contribution >= 0.6 is 34.5 Å². The molecule has 0 unspecified atom stereocenters. The van der Waals surface area contributed by atoms with E-state index < -0.39 is 0 Å². The minimum absolute atomic E-state index is 0.180. The minimum atomic E-state index is 0.180. The summed E-state index contributed by atoms with van der Waals surface area (Å²) in [6, 6.07) is 15.1. The van der Waals surface area contributed by atoms with Gasteiger partial charge in [0.25, 0.3) is 0 Å². The summed E-state index contributed by atoms with van der Waals surface area (Å²) in [6.45, 7) is 2.03. The molecule has 0 saturated carbocycles. The lowest BCUT2D eigenvalue weighted by Crippen LogP contribution is -2.01. The number of hydrogen-bond donors (Lipinski definition) is 1. The first-order valence-electron chi connectivity index (χ1n) is 7.28. The summed E-state index contributed by atoms with van der Waals surface area (Å²) >= 11 is 13.4. The smallest absolute Gasteiger partial charge is 0.196 e. The maximum Gasteiger partial charge on any atom is 0.196 e. The van der Waals surface area contributed by atoms with E-state index in [0.717, 1.165) is 11.3 Å². The number of nitriles is 1. The second kappa shape index (κ2) is 7.66. The lowest BCUT2D eigenvalue weighted by atomic mass is 10.1. The fraction of sp³-hybridized carbons (Fsp3) is 0.0556. The molecule has 0 amide bonds. The van der Waals surface area contributed by atoms with Crippen molar-refractivity contribution in [2.75, 3.05) is 5.43 Å². The number of anilines is 1. The first kappa shape index (κ1) is 17.4. The van der Waals surface area contributed by atoms with E-state index >= 15 is 0 Å². The molecule has 2 aromatic carbocycles. The van der Waals surface area contributed by atoms with Gasteiger partial charge in [-0.3, -0.25) is 5.43 Å². The lowest BCUT2D eigenvalue weighted by Gasteiger charge is -2.03. The Morgan fingerprint density at radius 2 is 1.96 bits per heavy atom. The summed E-state index contributed by atoms with van der Waals surface area (Å²) in [5.41, 5.74) is 6.47. The quantitative estimate of drug-likeness (QED) is 0.457. The number of thiazole rings is 1. The van der Waals surface area contributed by atoms with Crippen LogP contribution in [0.4, 0.5) is 5.69 Å². The van der Waals surface area contributed by atoms with Crippen molar-refractivity contribution in [2.45, 2.75) is 6.92 Å². The van der Waals surface area contributed by atoms with Crippen molar-refractivity contribution >= 4 is 45.9 Å². The molecule has 1 heterocycles. The molecule has 0 fully saturated rings. The molecule has 0 aliphatic heterocycles. The molecule has 124 valence electrons. The standard InChI is InChI=1S/C18H12Cl2N4S/c1-11-2-4-12(5-3-11)17-10-25-18(22-17)16(9-21)24-23-15-8-13(19)6-7-14(15)20/h2-8,10,23H,1H3/b24-16+. The fourth-order valence-corrected chi connectivity index (χ4v) is 3.16. The first-order chi connectivity index (χ1) is 12.1. The minimum Gasteiger partial charge on any atom is -0.276 e. The molecule has 0 atom stereocenters. The van der Waals surface area contributed by atoms with Gasteiger partial charge in [0.2, 0.25) is 0 Å². The van der Waals surface area contributed by atoms with E-state index in [1.54, 1.807) is 18.2 Å². The Morgan fingerprint density at radius 3 is 2.68 bits per heavy atom. The Kier molecular flexibility index (Phi) is 5.34. The summed E-state index contributed by atoms with van der Waals surface area (Å²) in [5.74, 6) is 0. The summed E-state index contributed by atoms with van der Waals surface area (Å²) in [4.78, 5) is 4.50. The normalized spacial score (nSPS) is 11.2. The molecular weight excluding hydrogens is 375 g/mol. The van der Waals surface area contributed by atoms with Crippen LogP contribution in [0.25, 0.3) is 11.3 Å². The fourth-order valence-electron chi connectivity index (χ4n) is 2.06. The third kappa shape index (κ3) is 4.18. The molecule has 0 saturated heterocycles. The summed E-state index contributed by atoms with van der Waals surface area (Å²) < 4.78 is 0. The largest absolute Gasteiger partial charge is 0.276 e. The van der Waals surface area contributed by atoms with Crippen molar-refractivity contribution in [3.05, 3.63) is 68.5 Å². The highest BCUT2D eigenvalue weighted by Gasteiger charge is 2.11. The molecule has 0 radical (unpaired) electrons. The predicted octanol–water partition coefficient (Wildman–Crippen LogP) is 5.77. The van der Waals surface area contributed by atoms with E-state index in [1.807, 2.05) is 36.6 Å². The molecule has 4 nitrogen and oxygen atoms in total. The maximum absolute atomic E-state index is 9.38. The second-order valence-electron chi connectivity index (χ2n) is 5.21. The Labute approximate surface area is 159 Å². The highest BCUT2D eigenvalue weighted by atomic mass is 35.5. The highest BCUT2D eigenvalue weighted by Crippen LogP contribution is 2.26. The average molecular weight is 387 g/mol. The van der Waals surface area contributed by atoms with Gasteiger partial charge >= 0.3 is 0 Å². The van der Waals surface area contributed by atoms with Gasteiger partial charge < -0.3 is 0 Å². The van der Waals surface area contributed by atoms with E-state index in [1.165, 1.54) is 16.9 Å². The number of nitrogens with zero attached hydrogens (tertiary/aromatic N) is 3. The number of benzene rings is 2. The van der Waals surface area contributed by atoms with Gasteiger partial charge in [-0.25, -0.2) is 4.98 Å². The Balaban J connectivity index is 1.85. The maximum atomic E-state index is 9.38. The van der Waals surface area contributed by atoms with Gasteiger partial charge in [0.1, 0.15) is 6.07 Å². The highest BCUT2D eigenvalue weighted by molar-refractivity contribution is 7.12. The van der Waals surface area contributed by atoms with Crippen LogP contribution in [0.2, 0.25) is 10.0 Å². The van der Waals surface area contributed by atoms with E-state index in [4.69, 9.17) is 23.2 Å². The Hall–Kier alpha value is -2.39. The third-order valence-corrected chi connectivity index (χ3v) is 4.79. The molecular formula is C18H12Cl2N4S. The van der Waals surface area contributed by atoms with Crippen molar-refractivity contribution in [1.29, 1.82) is 5.26 Å². The molecule has 3 rings (SSSR count). The van der Waals surface area contributed by atoms with Crippen LogP contribution in [0.15, 0.2) is 52.9 Å². The van der Waals surface area contributed by atoms with Gasteiger partial charge in [-0.1, -0.05) is 53.0 Å². The number of aromatic nitrogens is 1. The first-order valence-corrected chi connectivity index (χ1v) is 8.92. The summed E-state index contributed by atoms with van der Waals surface area (Å²) in [6.07, 6.45) is 0. The number of rotatable bonds is 4. The van der Waals surface area contributed by atoms with E-state index in [9.17, 15) is 5.26 Å². The van der Waals surface area contributed by atoms with Gasteiger partial charge in [-0.2, -0.15) is 10.4 Å². The zero-order valence-corrected chi connectivity index (χ0v) is 15.5. The topological polar surface area (TPSA) is 61.1 Å². The monoisotopic (exact) mass is 386 g/mol. The van der Waals surface area contributed by atoms with Gasteiger partial charge in [-0.05, 0) is 25.1 Å². The number of hydrazone groups is 1. The summed E-state index contributed by atoms with van der Waals surface area (Å²) in [5, 5.41) is 16.9. The Bertz CT molecular complexity index is 971. The number of nitrogens with one attached hydrogen (secondary N) is 1. The van der Waals surface area contributed by atoms with Crippen molar-refractivity contribution in [2.24, 2.45) is 5.10 Å². The average Bonchev–Trinajstić information content (AvgIpc) is 3.09. The number of aryl methyl sites for hydroxylation is 1. The molecule has 1 N–H and O–H groups in total. The zero-order valence-electron chi connectivity index (χ0n) is 13.1. The second-order valence-corrected chi connectivity index (χ2v) is 6.91. The number of hydrogen-bond acceptors (Lipinski definition) is 5. The molecule has 0 aliphatic carbocycles. The van der Waals surface area contributed by atoms with Crippen molar-refractivity contribution in [1.82, 2.24) is 4.98 Å². The Morgan fingerprint density at radius 1 is 1.20 bits per heavy atom. The van der Waals surface area contributed by atoms with E-state index in [-0.39, 0.29) is 5.71 Å². The van der Waals surface area contributed by atoms with Crippen LogP contribution in [-0.2, 0) is 0 Å². The predicted molar refractivity (Wildman–Crippen MR) is 105 cm³/mol. The van der Waals surface area contributed by atoms with Crippen LogP contribution in [0.1, 0.15) is 10.6 Å². The van der Waals surface area contributed by atoms with Crippen molar-refractivity contribution in [3.8, 4) is 17.3 Å². The van der Waals surface area contributed by atoms with Crippen LogP contribution < -0.4 is 5.43 Å². The zero-order chi connectivity index (χ0) is 17.8. The summed E-state index contributed by atoms with van der Waals surface area (Å²) in [7, 11) is 0. The van der Waals surface area contributed by atoms with Gasteiger partial charge in [0, 0.05) is 16.0 Å². The van der Waals surface area contributed by atoms with E-state index in [2.05, 4.69) is 21.6 Å². The molecule has 0 bridgehead atoms. The SMILES string of the molecule is Cc1ccc(-c2csc(/C(C#N)=N/Nc3cc(Cl)ccc3Cl)n2)cc1. The number of halogens is 2. The van der Waals surface area contributed by atoms with E-state index in [0.29, 0.717) is 20.7 Å². The van der Waals surface area contributed by atoms with Crippen LogP contribution in [0.5, 0.6) is 0 Å². The molecule has 25 heavy (non-hydrogen) atoms. The third-order valence-electron chi connectivity index (χ3n) is 3.38. The van der Waals surface area contributed by atoms with Crippen LogP contribution in [0.3, 0.4) is 0 Å². The van der Waals surface area contributed by atoms with Crippen molar-refractivity contribution < 1.29 is 0 Å². The molecule has 7 heteroatoms. The molecule has 0 spiro atoms. The van der Waals surface area contributed by atoms with Gasteiger partial charge in [-0.15, -0.1) is 11.3 Å². The van der Waals surface area contributed by atoms with Crippen molar-refractivity contribution in [3.63, 3.8) is 0 Å². The van der Waals surface area contributed by atoms with Crippen LogP contribution in [-0.4, -0.2) is 10.7 Å². The molecule has 3 aromatic rings. The van der Waals surface area contributed by atoms with Gasteiger partial charge in [0.05, 0.1) is 16.4 Å².